The van der Waals surface area contributed by atoms with E-state index < -0.39 is 17.6 Å². The van der Waals surface area contributed by atoms with Gasteiger partial charge in [-0.1, -0.05) is 6.92 Å². The van der Waals surface area contributed by atoms with Crippen molar-refractivity contribution in [3.05, 3.63) is 23.9 Å². The molecule has 110 valence electrons. The number of hydrogen-bond acceptors (Lipinski definition) is 3. The molecule has 0 aromatic carbocycles. The topological polar surface area (TPSA) is 54.0 Å². The van der Waals surface area contributed by atoms with Crippen molar-refractivity contribution in [1.82, 2.24) is 10.3 Å². The van der Waals surface area contributed by atoms with Crippen molar-refractivity contribution < 1.29 is 18.0 Å². The molecular weight excluding hydrogens is 271 g/mol. The molecule has 1 aliphatic rings. The van der Waals surface area contributed by atoms with Crippen LogP contribution in [0.4, 0.5) is 19.0 Å². The molecule has 0 radical (unpaired) electrons. The molecule has 1 aromatic rings. The Hall–Kier alpha value is -1.79. The number of nitrogens with zero attached hydrogens (tertiary/aromatic N) is 1. The molecule has 1 heterocycles. The van der Waals surface area contributed by atoms with Crippen molar-refractivity contribution in [1.29, 1.82) is 0 Å². The number of amides is 1. The number of rotatable bonds is 5. The van der Waals surface area contributed by atoms with Gasteiger partial charge in [0.2, 0.25) is 0 Å². The van der Waals surface area contributed by atoms with Crippen LogP contribution in [0.15, 0.2) is 18.3 Å². The maximum Gasteiger partial charge on any atom is 0.411 e. The number of aromatic nitrogens is 1. The first-order chi connectivity index (χ1) is 9.39. The highest BCUT2D eigenvalue weighted by Gasteiger charge is 2.64. The van der Waals surface area contributed by atoms with Gasteiger partial charge in [0, 0.05) is 12.7 Å². The predicted octanol–water partition coefficient (Wildman–Crippen LogP) is 2.73. The van der Waals surface area contributed by atoms with Crippen molar-refractivity contribution in [3.63, 3.8) is 0 Å². The highest BCUT2D eigenvalue weighted by atomic mass is 19.4. The van der Waals surface area contributed by atoms with Gasteiger partial charge in [-0.3, -0.25) is 4.79 Å². The molecule has 1 saturated carbocycles. The third kappa shape index (κ3) is 2.86. The molecule has 7 heteroatoms. The monoisotopic (exact) mass is 287 g/mol. The van der Waals surface area contributed by atoms with Gasteiger partial charge >= 0.3 is 6.18 Å². The number of carbonyl (C=O) groups is 1. The fourth-order valence-electron chi connectivity index (χ4n) is 1.86. The van der Waals surface area contributed by atoms with E-state index in [9.17, 15) is 18.0 Å². The lowest BCUT2D eigenvalue weighted by molar-refractivity contribution is -0.163. The number of alkyl halides is 3. The third-order valence-corrected chi connectivity index (χ3v) is 3.24. The molecule has 1 aliphatic carbocycles. The van der Waals surface area contributed by atoms with Crippen molar-refractivity contribution in [2.45, 2.75) is 37.9 Å². The van der Waals surface area contributed by atoms with Crippen molar-refractivity contribution in [3.8, 4) is 0 Å². The van der Waals surface area contributed by atoms with E-state index in [2.05, 4.69) is 15.6 Å². The maximum absolute atomic E-state index is 12.8. The molecule has 20 heavy (non-hydrogen) atoms. The number of halogens is 3. The fourth-order valence-corrected chi connectivity index (χ4v) is 1.86. The van der Waals surface area contributed by atoms with Crippen LogP contribution in [-0.4, -0.2) is 29.2 Å². The minimum Gasteiger partial charge on any atom is -0.369 e. The van der Waals surface area contributed by atoms with E-state index in [0.717, 1.165) is 6.42 Å². The molecule has 0 bridgehead atoms. The molecule has 0 atom stereocenters. The van der Waals surface area contributed by atoms with Crippen LogP contribution in [-0.2, 0) is 0 Å². The Labute approximate surface area is 114 Å². The molecular formula is C13H16F3N3O. The lowest BCUT2D eigenvalue weighted by Gasteiger charge is -2.21. The highest BCUT2D eigenvalue weighted by molar-refractivity contribution is 5.99. The first-order valence-electron chi connectivity index (χ1n) is 6.48. The number of hydrogen-bond donors (Lipinski definition) is 2. The van der Waals surface area contributed by atoms with Crippen LogP contribution in [0.1, 0.15) is 36.5 Å². The van der Waals surface area contributed by atoms with E-state index in [-0.39, 0.29) is 18.4 Å². The van der Waals surface area contributed by atoms with Crippen LogP contribution < -0.4 is 10.6 Å². The van der Waals surface area contributed by atoms with Gasteiger partial charge in [0.05, 0.1) is 5.56 Å². The van der Waals surface area contributed by atoms with E-state index >= 15 is 0 Å². The lowest BCUT2D eigenvalue weighted by Crippen LogP contribution is -2.48. The molecule has 0 spiro atoms. The van der Waals surface area contributed by atoms with Crippen molar-refractivity contribution in [2.75, 3.05) is 11.9 Å². The molecule has 2 N–H and O–H groups in total. The van der Waals surface area contributed by atoms with Crippen LogP contribution in [0, 0.1) is 0 Å². The minimum atomic E-state index is -4.41. The van der Waals surface area contributed by atoms with Gasteiger partial charge in [-0.2, -0.15) is 13.2 Å². The van der Waals surface area contributed by atoms with E-state index in [1.807, 2.05) is 6.92 Å². The summed E-state index contributed by atoms with van der Waals surface area (Å²) in [7, 11) is 0. The average molecular weight is 287 g/mol. The van der Waals surface area contributed by atoms with E-state index in [0.29, 0.717) is 12.4 Å². The van der Waals surface area contributed by atoms with Crippen LogP contribution in [0.3, 0.4) is 0 Å². The summed E-state index contributed by atoms with van der Waals surface area (Å²) in [4.78, 5) is 16.0. The van der Waals surface area contributed by atoms with E-state index in [4.69, 9.17) is 0 Å². The van der Waals surface area contributed by atoms with Gasteiger partial charge in [-0.05, 0) is 31.4 Å². The Balaban J connectivity index is 2.14. The quantitative estimate of drug-likeness (QED) is 0.875. The second-order valence-corrected chi connectivity index (χ2v) is 4.86. The second kappa shape index (κ2) is 5.30. The minimum absolute atomic E-state index is 0.0692. The fraction of sp³-hybridized carbons (Fsp3) is 0.538. The SMILES string of the molecule is CCCNc1ncccc1C(=O)NC1(C(F)(F)F)CC1. The summed E-state index contributed by atoms with van der Waals surface area (Å²) in [6.45, 7) is 2.54. The van der Waals surface area contributed by atoms with Gasteiger partial charge in [0.15, 0.2) is 0 Å². The lowest BCUT2D eigenvalue weighted by atomic mass is 10.2. The summed E-state index contributed by atoms with van der Waals surface area (Å²) >= 11 is 0. The van der Waals surface area contributed by atoms with Gasteiger partial charge in [0.25, 0.3) is 5.91 Å². The van der Waals surface area contributed by atoms with Gasteiger partial charge in [-0.25, -0.2) is 4.98 Å². The zero-order chi connectivity index (χ0) is 14.8. The van der Waals surface area contributed by atoms with Crippen molar-refractivity contribution in [2.24, 2.45) is 0 Å². The Kier molecular flexibility index (Phi) is 3.87. The summed E-state index contributed by atoms with van der Waals surface area (Å²) in [5.74, 6) is -0.434. The first-order valence-corrected chi connectivity index (χ1v) is 6.48. The average Bonchev–Trinajstić information content (AvgIpc) is 3.17. The molecule has 0 unspecified atom stereocenters. The zero-order valence-corrected chi connectivity index (χ0v) is 11.0. The summed E-state index contributed by atoms with van der Waals surface area (Å²) in [5, 5.41) is 5.03. The van der Waals surface area contributed by atoms with Gasteiger partial charge in [0.1, 0.15) is 11.4 Å². The molecule has 1 amide bonds. The Morgan fingerprint density at radius 3 is 2.70 bits per heavy atom. The number of anilines is 1. The summed E-state index contributed by atoms with van der Waals surface area (Å²) in [5.41, 5.74) is -1.92. The smallest absolute Gasteiger partial charge is 0.369 e. The Morgan fingerprint density at radius 1 is 1.45 bits per heavy atom. The molecule has 2 rings (SSSR count). The molecule has 0 aliphatic heterocycles. The number of pyridine rings is 1. The van der Waals surface area contributed by atoms with Crippen molar-refractivity contribution >= 4 is 11.7 Å². The van der Waals surface area contributed by atoms with E-state index in [1.54, 1.807) is 0 Å². The molecule has 1 fully saturated rings. The zero-order valence-electron chi connectivity index (χ0n) is 11.0. The van der Waals surface area contributed by atoms with Crippen LogP contribution in [0.25, 0.3) is 0 Å². The Bertz CT molecular complexity index is 498. The largest absolute Gasteiger partial charge is 0.411 e. The summed E-state index contributed by atoms with van der Waals surface area (Å²) in [6.07, 6.45) is -2.24. The second-order valence-electron chi connectivity index (χ2n) is 4.86. The van der Waals surface area contributed by atoms with Gasteiger partial charge < -0.3 is 10.6 Å². The van der Waals surface area contributed by atoms with E-state index in [1.165, 1.54) is 18.3 Å². The third-order valence-electron chi connectivity index (χ3n) is 3.24. The predicted molar refractivity (Wildman–Crippen MR) is 68.5 cm³/mol. The molecule has 1 aromatic heterocycles. The Morgan fingerprint density at radius 2 is 2.15 bits per heavy atom. The van der Waals surface area contributed by atoms with Crippen LogP contribution in [0.2, 0.25) is 0 Å². The van der Waals surface area contributed by atoms with Crippen LogP contribution in [0.5, 0.6) is 0 Å². The highest BCUT2D eigenvalue weighted by Crippen LogP contribution is 2.49. The van der Waals surface area contributed by atoms with Crippen LogP contribution >= 0.6 is 0 Å². The maximum atomic E-state index is 12.8. The molecule has 0 saturated heterocycles. The molecule has 4 nitrogen and oxygen atoms in total. The standard InChI is InChI=1S/C13H16F3N3O/c1-2-7-17-10-9(4-3-8-18-10)11(20)19-12(5-6-12)13(14,15)16/h3-4,8H,2,5-7H2,1H3,(H,17,18)(H,19,20). The summed E-state index contributed by atoms with van der Waals surface area (Å²) < 4.78 is 38.5. The van der Waals surface area contributed by atoms with Gasteiger partial charge in [-0.15, -0.1) is 0 Å². The normalized spacial score (nSPS) is 16.6. The number of nitrogens with one attached hydrogen (secondary N) is 2. The summed E-state index contributed by atoms with van der Waals surface area (Å²) in [6, 6.07) is 2.99. The number of carbonyl (C=O) groups excluding carboxylic acids is 1. The first kappa shape index (κ1) is 14.6.